The van der Waals surface area contributed by atoms with Crippen LogP contribution in [0.25, 0.3) is 0 Å². The van der Waals surface area contributed by atoms with E-state index in [1.54, 1.807) is 12.1 Å². The first-order valence-electron chi connectivity index (χ1n) is 6.84. The van der Waals surface area contributed by atoms with E-state index < -0.39 is 0 Å². The lowest BCUT2D eigenvalue weighted by molar-refractivity contribution is 0.155. The second-order valence-corrected chi connectivity index (χ2v) is 5.35. The third-order valence-corrected chi connectivity index (χ3v) is 3.99. The molecule has 2 rings (SSSR count). The fraction of sp³-hybridized carbons (Fsp3) is 0.600. The molecule has 2 unspecified atom stereocenters. The molecule has 0 aliphatic carbocycles. The van der Waals surface area contributed by atoms with E-state index in [2.05, 4.69) is 24.2 Å². The van der Waals surface area contributed by atoms with Gasteiger partial charge in [0.25, 0.3) is 0 Å². The van der Waals surface area contributed by atoms with Crippen molar-refractivity contribution in [1.82, 2.24) is 10.2 Å². The van der Waals surface area contributed by atoms with Crippen molar-refractivity contribution in [2.24, 2.45) is 0 Å². The molecule has 0 aromatic heterocycles. The standard InChI is InChI=1S/C15H23FN2/c1-12(10-13-5-7-14(16)8-6-13)18(2)15-4-3-9-17-11-15/h5-8,12,15,17H,3-4,9-11H2,1-2H3. The highest BCUT2D eigenvalue weighted by atomic mass is 19.1. The quantitative estimate of drug-likeness (QED) is 0.883. The van der Waals surface area contributed by atoms with Gasteiger partial charge in [0, 0.05) is 18.6 Å². The number of hydrogen-bond donors (Lipinski definition) is 1. The van der Waals surface area contributed by atoms with Gasteiger partial charge in [0.2, 0.25) is 0 Å². The van der Waals surface area contributed by atoms with Crippen LogP contribution in [0.1, 0.15) is 25.3 Å². The van der Waals surface area contributed by atoms with Crippen LogP contribution in [-0.2, 0) is 6.42 Å². The molecule has 1 saturated heterocycles. The fourth-order valence-corrected chi connectivity index (χ4v) is 2.65. The Labute approximate surface area is 109 Å². The van der Waals surface area contributed by atoms with E-state index in [9.17, 15) is 4.39 Å². The molecule has 0 spiro atoms. The monoisotopic (exact) mass is 250 g/mol. The summed E-state index contributed by atoms with van der Waals surface area (Å²) < 4.78 is 12.9. The van der Waals surface area contributed by atoms with Crippen molar-refractivity contribution in [3.8, 4) is 0 Å². The molecular formula is C15H23FN2. The normalized spacial score (nSPS) is 22.1. The molecule has 1 aromatic rings. The Balaban J connectivity index is 1.89. The van der Waals surface area contributed by atoms with Gasteiger partial charge < -0.3 is 5.32 Å². The van der Waals surface area contributed by atoms with Crippen LogP contribution in [0.5, 0.6) is 0 Å². The van der Waals surface area contributed by atoms with Crippen molar-refractivity contribution in [3.63, 3.8) is 0 Å². The Kier molecular flexibility index (Phi) is 4.72. The summed E-state index contributed by atoms with van der Waals surface area (Å²) >= 11 is 0. The van der Waals surface area contributed by atoms with E-state index >= 15 is 0 Å². The highest BCUT2D eigenvalue weighted by Gasteiger charge is 2.21. The summed E-state index contributed by atoms with van der Waals surface area (Å²) in [5, 5.41) is 3.45. The molecule has 1 heterocycles. The van der Waals surface area contributed by atoms with Gasteiger partial charge in [0.15, 0.2) is 0 Å². The molecule has 0 saturated carbocycles. The second-order valence-electron chi connectivity index (χ2n) is 5.35. The highest BCUT2D eigenvalue weighted by molar-refractivity contribution is 5.17. The molecule has 0 radical (unpaired) electrons. The molecule has 0 bridgehead atoms. The number of piperidine rings is 1. The van der Waals surface area contributed by atoms with Crippen molar-refractivity contribution < 1.29 is 4.39 Å². The van der Waals surface area contributed by atoms with Crippen molar-refractivity contribution in [3.05, 3.63) is 35.6 Å². The van der Waals surface area contributed by atoms with Crippen LogP contribution >= 0.6 is 0 Å². The van der Waals surface area contributed by atoms with Crippen LogP contribution in [0, 0.1) is 5.82 Å². The predicted molar refractivity (Wildman–Crippen MR) is 73.2 cm³/mol. The molecule has 1 aliphatic rings. The number of nitrogens with zero attached hydrogens (tertiary/aromatic N) is 1. The maximum Gasteiger partial charge on any atom is 0.123 e. The summed E-state index contributed by atoms with van der Waals surface area (Å²) in [5.74, 6) is -0.156. The third-order valence-electron chi connectivity index (χ3n) is 3.99. The molecule has 3 heteroatoms. The van der Waals surface area contributed by atoms with Gasteiger partial charge in [-0.05, 0) is 57.5 Å². The molecule has 100 valence electrons. The van der Waals surface area contributed by atoms with E-state index in [0.717, 1.165) is 19.5 Å². The van der Waals surface area contributed by atoms with Crippen molar-refractivity contribution >= 4 is 0 Å². The van der Waals surface area contributed by atoms with Gasteiger partial charge in [0.1, 0.15) is 5.82 Å². The first-order valence-corrected chi connectivity index (χ1v) is 6.84. The zero-order valence-electron chi connectivity index (χ0n) is 11.3. The van der Waals surface area contributed by atoms with Crippen LogP contribution in [0.4, 0.5) is 4.39 Å². The molecule has 18 heavy (non-hydrogen) atoms. The Morgan fingerprint density at radius 2 is 2.11 bits per heavy atom. The Morgan fingerprint density at radius 1 is 1.39 bits per heavy atom. The second kappa shape index (κ2) is 6.30. The smallest absolute Gasteiger partial charge is 0.123 e. The number of benzene rings is 1. The van der Waals surface area contributed by atoms with Crippen LogP contribution in [0.3, 0.4) is 0 Å². The Hall–Kier alpha value is -0.930. The summed E-state index contributed by atoms with van der Waals surface area (Å²) in [4.78, 5) is 2.45. The minimum atomic E-state index is -0.156. The van der Waals surface area contributed by atoms with Crippen LogP contribution in [0.2, 0.25) is 0 Å². The zero-order chi connectivity index (χ0) is 13.0. The minimum absolute atomic E-state index is 0.156. The first kappa shape index (κ1) is 13.5. The van der Waals surface area contributed by atoms with Gasteiger partial charge in [-0.3, -0.25) is 4.90 Å². The maximum atomic E-state index is 12.9. The lowest BCUT2D eigenvalue weighted by atomic mass is 10.0. The average Bonchev–Trinajstić information content (AvgIpc) is 2.41. The van der Waals surface area contributed by atoms with Gasteiger partial charge in [-0.2, -0.15) is 0 Å². The van der Waals surface area contributed by atoms with E-state index in [1.165, 1.54) is 18.4 Å². The van der Waals surface area contributed by atoms with Gasteiger partial charge >= 0.3 is 0 Å². The Bertz CT molecular complexity index is 357. The topological polar surface area (TPSA) is 15.3 Å². The molecule has 1 aromatic carbocycles. The van der Waals surface area contributed by atoms with Crippen LogP contribution in [0.15, 0.2) is 24.3 Å². The maximum absolute atomic E-state index is 12.9. The Morgan fingerprint density at radius 3 is 2.72 bits per heavy atom. The summed E-state index contributed by atoms with van der Waals surface area (Å²) in [5.41, 5.74) is 1.21. The average molecular weight is 250 g/mol. The van der Waals surface area contributed by atoms with Gasteiger partial charge in [-0.15, -0.1) is 0 Å². The van der Waals surface area contributed by atoms with Crippen molar-refractivity contribution in [1.29, 1.82) is 0 Å². The number of hydrogen-bond acceptors (Lipinski definition) is 2. The van der Waals surface area contributed by atoms with E-state index in [1.807, 2.05) is 12.1 Å². The SMILES string of the molecule is CC(Cc1ccc(F)cc1)N(C)C1CCCNC1. The zero-order valence-corrected chi connectivity index (χ0v) is 11.3. The van der Waals surface area contributed by atoms with Crippen LogP contribution < -0.4 is 5.32 Å². The van der Waals surface area contributed by atoms with Gasteiger partial charge in [-0.25, -0.2) is 4.39 Å². The minimum Gasteiger partial charge on any atom is -0.315 e. The predicted octanol–water partition coefficient (Wildman–Crippen LogP) is 2.44. The fourth-order valence-electron chi connectivity index (χ4n) is 2.65. The highest BCUT2D eigenvalue weighted by Crippen LogP contribution is 2.15. The lowest BCUT2D eigenvalue weighted by Gasteiger charge is -2.36. The molecule has 1 fully saturated rings. The first-order chi connectivity index (χ1) is 8.66. The van der Waals surface area contributed by atoms with Gasteiger partial charge in [-0.1, -0.05) is 12.1 Å². The molecule has 1 N–H and O–H groups in total. The summed E-state index contributed by atoms with van der Waals surface area (Å²) in [7, 11) is 2.20. The van der Waals surface area contributed by atoms with Gasteiger partial charge in [0.05, 0.1) is 0 Å². The molecule has 0 amide bonds. The summed E-state index contributed by atoms with van der Waals surface area (Å²) in [6.45, 7) is 4.49. The molecule has 2 nitrogen and oxygen atoms in total. The molecular weight excluding hydrogens is 227 g/mol. The van der Waals surface area contributed by atoms with E-state index in [-0.39, 0.29) is 5.82 Å². The largest absolute Gasteiger partial charge is 0.315 e. The lowest BCUT2D eigenvalue weighted by Crippen LogP contribution is -2.48. The van der Waals surface area contributed by atoms with E-state index in [0.29, 0.717) is 12.1 Å². The van der Waals surface area contributed by atoms with Crippen LogP contribution in [-0.4, -0.2) is 37.1 Å². The molecule has 2 atom stereocenters. The summed E-state index contributed by atoms with van der Waals surface area (Å²) in [6.07, 6.45) is 3.52. The summed E-state index contributed by atoms with van der Waals surface area (Å²) in [6, 6.07) is 7.99. The number of nitrogens with one attached hydrogen (secondary N) is 1. The van der Waals surface area contributed by atoms with Crippen molar-refractivity contribution in [2.45, 2.75) is 38.3 Å². The number of halogens is 1. The van der Waals surface area contributed by atoms with E-state index in [4.69, 9.17) is 0 Å². The third kappa shape index (κ3) is 3.53. The molecule has 1 aliphatic heterocycles. The number of likely N-dealkylation sites (N-methyl/N-ethyl adjacent to an activating group) is 1. The van der Waals surface area contributed by atoms with Crippen molar-refractivity contribution in [2.75, 3.05) is 20.1 Å². The number of rotatable bonds is 4.